The summed E-state index contributed by atoms with van der Waals surface area (Å²) in [4.78, 5) is 12.9. The first kappa shape index (κ1) is 25.3. The molecule has 0 amide bonds. The van der Waals surface area contributed by atoms with Crippen LogP contribution in [0, 0.1) is 0 Å². The average molecular weight is 444 g/mol. The predicted octanol–water partition coefficient (Wildman–Crippen LogP) is 6.48. The Morgan fingerprint density at radius 3 is 1.74 bits per heavy atom. The maximum Gasteiger partial charge on any atom is 0.243 e. The molecular weight excluding hydrogens is 406 g/mol. The van der Waals surface area contributed by atoms with E-state index in [2.05, 4.69) is 6.92 Å². The Balaban J connectivity index is 1.89. The highest BCUT2D eigenvalue weighted by Gasteiger charge is 2.26. The van der Waals surface area contributed by atoms with Crippen molar-refractivity contribution in [2.45, 2.75) is 76.0 Å². The lowest BCUT2D eigenvalue weighted by Crippen LogP contribution is -2.36. The lowest BCUT2D eigenvalue weighted by molar-refractivity contribution is 0.0965. The van der Waals surface area contributed by atoms with Crippen LogP contribution in [0.1, 0.15) is 81.5 Å². The minimum atomic E-state index is -3.70. The van der Waals surface area contributed by atoms with E-state index in [9.17, 15) is 13.2 Å². The van der Waals surface area contributed by atoms with Gasteiger partial charge >= 0.3 is 0 Å². The van der Waals surface area contributed by atoms with Crippen LogP contribution in [-0.4, -0.2) is 31.6 Å². The van der Waals surface area contributed by atoms with Crippen LogP contribution in [0.15, 0.2) is 65.6 Å². The Morgan fingerprint density at radius 2 is 1.19 bits per heavy atom. The lowest BCUT2D eigenvalue weighted by Gasteiger charge is -2.21. The Kier molecular flexibility index (Phi) is 11.5. The Labute approximate surface area is 188 Å². The zero-order valence-electron chi connectivity index (χ0n) is 18.8. The van der Waals surface area contributed by atoms with Gasteiger partial charge in [0.1, 0.15) is 0 Å². The quantitative estimate of drug-likeness (QED) is 0.220. The second-order valence-corrected chi connectivity index (χ2v) is 10.1. The molecule has 0 aromatic heterocycles. The fraction of sp³-hybridized carbons (Fsp3) is 0.500. The summed E-state index contributed by atoms with van der Waals surface area (Å²) in [5.41, 5.74) is 0.541. The first-order chi connectivity index (χ1) is 15.1. The molecule has 2 rings (SSSR count). The van der Waals surface area contributed by atoms with Crippen LogP contribution < -0.4 is 0 Å². The van der Waals surface area contributed by atoms with Crippen LogP contribution in [0.3, 0.4) is 0 Å². The van der Waals surface area contributed by atoms with Gasteiger partial charge in [-0.2, -0.15) is 4.31 Å². The van der Waals surface area contributed by atoms with Gasteiger partial charge in [0.15, 0.2) is 5.78 Å². The summed E-state index contributed by atoms with van der Waals surface area (Å²) in [7, 11) is -3.70. The standard InChI is InChI=1S/C26H37NO3S/c1-2-3-4-5-6-7-8-9-10-17-22-27(23-26(28)24-18-13-11-14-19-24)31(29,30)25-20-15-12-16-21-25/h11-16,18-21H,2-10,17,22-23H2,1H3. The number of rotatable bonds is 16. The van der Waals surface area contributed by atoms with E-state index in [-0.39, 0.29) is 17.2 Å². The number of benzene rings is 2. The molecule has 0 heterocycles. The van der Waals surface area contributed by atoms with Gasteiger partial charge in [0.05, 0.1) is 11.4 Å². The summed E-state index contributed by atoms with van der Waals surface area (Å²) in [6.45, 7) is 2.47. The molecule has 2 aromatic rings. The molecule has 0 bridgehead atoms. The molecule has 2 aromatic carbocycles. The SMILES string of the molecule is CCCCCCCCCCCCN(CC(=O)c1ccccc1)S(=O)(=O)c1ccccc1. The second-order valence-electron chi connectivity index (χ2n) is 8.12. The topological polar surface area (TPSA) is 54.5 Å². The van der Waals surface area contributed by atoms with E-state index in [0.717, 1.165) is 19.3 Å². The number of nitrogens with zero attached hydrogens (tertiary/aromatic N) is 1. The van der Waals surface area contributed by atoms with E-state index < -0.39 is 10.0 Å². The maximum atomic E-state index is 13.2. The Bertz CT molecular complexity index is 851. The van der Waals surface area contributed by atoms with E-state index in [1.54, 1.807) is 54.6 Å². The first-order valence-corrected chi connectivity index (χ1v) is 13.1. The average Bonchev–Trinajstić information content (AvgIpc) is 2.80. The number of hydrogen-bond donors (Lipinski definition) is 0. The molecule has 0 atom stereocenters. The Morgan fingerprint density at radius 1 is 0.710 bits per heavy atom. The number of carbonyl (C=O) groups excluding carboxylic acids is 1. The molecule has 5 heteroatoms. The van der Waals surface area contributed by atoms with Crippen molar-refractivity contribution in [3.63, 3.8) is 0 Å². The molecular formula is C26H37NO3S. The van der Waals surface area contributed by atoms with Crippen molar-refractivity contribution in [3.8, 4) is 0 Å². The molecule has 170 valence electrons. The maximum absolute atomic E-state index is 13.2. The van der Waals surface area contributed by atoms with Gasteiger partial charge in [-0.3, -0.25) is 4.79 Å². The molecule has 0 radical (unpaired) electrons. The Hall–Kier alpha value is -1.98. The van der Waals surface area contributed by atoms with Crippen LogP contribution in [0.2, 0.25) is 0 Å². The van der Waals surface area contributed by atoms with E-state index in [0.29, 0.717) is 12.1 Å². The summed E-state index contributed by atoms with van der Waals surface area (Å²) in [5, 5.41) is 0. The van der Waals surface area contributed by atoms with Crippen LogP contribution >= 0.6 is 0 Å². The van der Waals surface area contributed by atoms with Crippen LogP contribution in [0.5, 0.6) is 0 Å². The van der Waals surface area contributed by atoms with Crippen molar-refractivity contribution in [1.82, 2.24) is 4.31 Å². The number of carbonyl (C=O) groups is 1. The van der Waals surface area contributed by atoms with Crippen LogP contribution in [0.25, 0.3) is 0 Å². The minimum Gasteiger partial charge on any atom is -0.293 e. The van der Waals surface area contributed by atoms with E-state index >= 15 is 0 Å². The van der Waals surface area contributed by atoms with Crippen molar-refractivity contribution >= 4 is 15.8 Å². The molecule has 0 fully saturated rings. The van der Waals surface area contributed by atoms with Gasteiger partial charge in [-0.25, -0.2) is 8.42 Å². The number of Topliss-reactive ketones (excluding diaryl/α,β-unsaturated/α-hetero) is 1. The molecule has 0 aliphatic carbocycles. The third kappa shape index (κ3) is 8.96. The van der Waals surface area contributed by atoms with E-state index in [4.69, 9.17) is 0 Å². The minimum absolute atomic E-state index is 0.126. The van der Waals surface area contributed by atoms with Crippen molar-refractivity contribution in [2.24, 2.45) is 0 Å². The number of hydrogen-bond acceptors (Lipinski definition) is 3. The van der Waals surface area contributed by atoms with Crippen LogP contribution in [-0.2, 0) is 10.0 Å². The van der Waals surface area contributed by atoms with Crippen molar-refractivity contribution in [1.29, 1.82) is 0 Å². The number of sulfonamides is 1. The van der Waals surface area contributed by atoms with Gasteiger partial charge in [0, 0.05) is 12.1 Å². The van der Waals surface area contributed by atoms with E-state index in [1.807, 2.05) is 6.07 Å². The predicted molar refractivity (Wildman–Crippen MR) is 128 cm³/mol. The first-order valence-electron chi connectivity index (χ1n) is 11.7. The molecule has 0 aliphatic heterocycles. The van der Waals surface area contributed by atoms with E-state index in [1.165, 1.54) is 49.3 Å². The summed E-state index contributed by atoms with van der Waals surface area (Å²) in [6.07, 6.45) is 11.8. The molecule has 4 nitrogen and oxygen atoms in total. The third-order valence-corrected chi connectivity index (χ3v) is 7.42. The van der Waals surface area contributed by atoms with Gasteiger partial charge in [0.2, 0.25) is 10.0 Å². The molecule has 0 saturated carbocycles. The monoisotopic (exact) mass is 443 g/mol. The fourth-order valence-electron chi connectivity index (χ4n) is 3.68. The summed E-state index contributed by atoms with van der Waals surface area (Å²) in [5.74, 6) is -0.174. The molecule has 0 aliphatic rings. The smallest absolute Gasteiger partial charge is 0.243 e. The normalized spacial score (nSPS) is 11.7. The second kappa shape index (κ2) is 14.2. The zero-order valence-corrected chi connectivity index (χ0v) is 19.7. The number of ketones is 1. The number of unbranched alkanes of at least 4 members (excludes halogenated alkanes) is 9. The molecule has 0 saturated heterocycles. The van der Waals surface area contributed by atoms with Crippen LogP contribution in [0.4, 0.5) is 0 Å². The summed E-state index contributed by atoms with van der Waals surface area (Å²) >= 11 is 0. The summed E-state index contributed by atoms with van der Waals surface area (Å²) < 4.78 is 27.7. The van der Waals surface area contributed by atoms with Crippen molar-refractivity contribution in [2.75, 3.05) is 13.1 Å². The summed E-state index contributed by atoms with van der Waals surface area (Å²) in [6, 6.07) is 17.3. The third-order valence-electron chi connectivity index (χ3n) is 5.56. The van der Waals surface area contributed by atoms with Gasteiger partial charge in [-0.1, -0.05) is 113 Å². The van der Waals surface area contributed by atoms with Crippen molar-refractivity contribution < 1.29 is 13.2 Å². The van der Waals surface area contributed by atoms with Gasteiger partial charge in [-0.15, -0.1) is 0 Å². The molecule has 0 N–H and O–H groups in total. The van der Waals surface area contributed by atoms with Crippen molar-refractivity contribution in [3.05, 3.63) is 66.2 Å². The highest BCUT2D eigenvalue weighted by molar-refractivity contribution is 7.89. The lowest BCUT2D eigenvalue weighted by atomic mass is 10.1. The zero-order chi connectivity index (χ0) is 22.4. The largest absolute Gasteiger partial charge is 0.293 e. The van der Waals surface area contributed by atoms with Gasteiger partial charge < -0.3 is 0 Å². The molecule has 0 spiro atoms. The molecule has 31 heavy (non-hydrogen) atoms. The fourth-order valence-corrected chi connectivity index (χ4v) is 5.13. The van der Waals surface area contributed by atoms with Gasteiger partial charge in [0.25, 0.3) is 0 Å². The highest BCUT2D eigenvalue weighted by Crippen LogP contribution is 2.18. The van der Waals surface area contributed by atoms with Gasteiger partial charge in [-0.05, 0) is 18.6 Å². The molecule has 0 unspecified atom stereocenters. The highest BCUT2D eigenvalue weighted by atomic mass is 32.2.